The summed E-state index contributed by atoms with van der Waals surface area (Å²) in [6.45, 7) is 7.12. The van der Waals surface area contributed by atoms with E-state index in [1.165, 1.54) is 5.57 Å². The molecule has 0 saturated carbocycles. The maximum atomic E-state index is 12.2. The van der Waals surface area contributed by atoms with Crippen molar-refractivity contribution in [1.29, 1.82) is 0 Å². The van der Waals surface area contributed by atoms with Crippen LogP contribution in [0.15, 0.2) is 23.8 Å². The highest BCUT2D eigenvalue weighted by molar-refractivity contribution is 5.77. The number of amides is 1. The molecule has 1 unspecified atom stereocenters. The molecule has 5 heteroatoms. The summed E-state index contributed by atoms with van der Waals surface area (Å²) in [4.78, 5) is 23.9. The minimum absolute atomic E-state index is 0.270. The SMILES string of the molecule is CCCC(=O)O.CC[C@H](C)CN1C(=O)CCC[C@@H]1CCC(O)CC1=CC=CC1. The van der Waals surface area contributed by atoms with Gasteiger partial charge in [0.15, 0.2) is 0 Å². The molecule has 0 spiro atoms. The number of allylic oxidation sites excluding steroid dienone is 3. The van der Waals surface area contributed by atoms with E-state index in [1.54, 1.807) is 0 Å². The van der Waals surface area contributed by atoms with Crippen LogP contribution in [0.5, 0.6) is 0 Å². The van der Waals surface area contributed by atoms with Gasteiger partial charge in [0, 0.05) is 25.4 Å². The fourth-order valence-corrected chi connectivity index (χ4v) is 3.65. The van der Waals surface area contributed by atoms with Crippen LogP contribution in [0.2, 0.25) is 0 Å². The van der Waals surface area contributed by atoms with Crippen molar-refractivity contribution in [2.24, 2.45) is 5.92 Å². The summed E-state index contributed by atoms with van der Waals surface area (Å²) in [5.41, 5.74) is 1.32. The molecule has 2 rings (SSSR count). The summed E-state index contributed by atoms with van der Waals surface area (Å²) in [6, 6.07) is 0.334. The summed E-state index contributed by atoms with van der Waals surface area (Å²) >= 11 is 0. The Morgan fingerprint density at radius 3 is 2.64 bits per heavy atom. The molecule has 1 heterocycles. The number of carboxylic acids is 1. The Kier molecular flexibility index (Phi) is 11.8. The number of carboxylic acid groups (broad SMARTS) is 1. The van der Waals surface area contributed by atoms with Crippen molar-refractivity contribution in [2.45, 2.75) is 97.1 Å². The first-order valence-corrected chi connectivity index (χ1v) is 10.9. The minimum atomic E-state index is -0.711. The molecule has 1 aliphatic carbocycles. The number of nitrogens with zero attached hydrogens (tertiary/aromatic N) is 1. The fraction of sp³-hybridized carbons (Fsp3) is 0.739. The van der Waals surface area contributed by atoms with Gasteiger partial charge >= 0.3 is 5.97 Å². The second-order valence-electron chi connectivity index (χ2n) is 8.14. The topological polar surface area (TPSA) is 77.8 Å². The number of hydrogen-bond acceptors (Lipinski definition) is 3. The van der Waals surface area contributed by atoms with Gasteiger partial charge in [-0.1, -0.05) is 51.0 Å². The highest BCUT2D eigenvalue weighted by atomic mass is 16.4. The van der Waals surface area contributed by atoms with E-state index in [0.29, 0.717) is 30.7 Å². The molecule has 0 aromatic rings. The third-order valence-corrected chi connectivity index (χ3v) is 5.54. The lowest BCUT2D eigenvalue weighted by Gasteiger charge is -2.37. The number of carbonyl (C=O) groups is 2. The average molecular weight is 394 g/mol. The number of aliphatic hydroxyl groups excluding tert-OH is 1. The van der Waals surface area contributed by atoms with Crippen LogP contribution < -0.4 is 0 Å². The van der Waals surface area contributed by atoms with Crippen LogP contribution >= 0.6 is 0 Å². The quantitative estimate of drug-likeness (QED) is 0.564. The van der Waals surface area contributed by atoms with Crippen LogP contribution in [-0.2, 0) is 9.59 Å². The van der Waals surface area contributed by atoms with E-state index in [-0.39, 0.29) is 6.10 Å². The van der Waals surface area contributed by atoms with Crippen LogP contribution in [-0.4, -0.2) is 45.7 Å². The van der Waals surface area contributed by atoms with Gasteiger partial charge in [-0.2, -0.15) is 0 Å². The molecule has 5 nitrogen and oxygen atoms in total. The van der Waals surface area contributed by atoms with Crippen LogP contribution in [0.25, 0.3) is 0 Å². The van der Waals surface area contributed by atoms with Crippen molar-refractivity contribution in [1.82, 2.24) is 4.90 Å². The van der Waals surface area contributed by atoms with Crippen molar-refractivity contribution < 1.29 is 19.8 Å². The van der Waals surface area contributed by atoms with E-state index in [9.17, 15) is 14.7 Å². The molecule has 0 aromatic heterocycles. The lowest BCUT2D eigenvalue weighted by molar-refractivity contribution is -0.138. The second kappa shape index (κ2) is 13.5. The predicted molar refractivity (Wildman–Crippen MR) is 113 cm³/mol. The number of carbonyl (C=O) groups excluding carboxylic acids is 1. The van der Waals surface area contributed by atoms with Gasteiger partial charge in [-0.25, -0.2) is 0 Å². The van der Waals surface area contributed by atoms with E-state index < -0.39 is 5.97 Å². The molecule has 2 aliphatic rings. The number of aliphatic hydroxyl groups is 1. The molecule has 1 saturated heterocycles. The Bertz CT molecular complexity index is 541. The highest BCUT2D eigenvalue weighted by Gasteiger charge is 2.29. The summed E-state index contributed by atoms with van der Waals surface area (Å²) in [7, 11) is 0. The van der Waals surface area contributed by atoms with Crippen LogP contribution in [0.1, 0.15) is 85.0 Å². The van der Waals surface area contributed by atoms with Crippen molar-refractivity contribution in [3.8, 4) is 0 Å². The zero-order chi connectivity index (χ0) is 20.9. The molecular weight excluding hydrogens is 354 g/mol. The first-order chi connectivity index (χ1) is 13.4. The Balaban J connectivity index is 0.000000568. The third-order valence-electron chi connectivity index (χ3n) is 5.54. The largest absolute Gasteiger partial charge is 0.481 e. The van der Waals surface area contributed by atoms with Gasteiger partial charge in [-0.05, 0) is 50.9 Å². The maximum absolute atomic E-state index is 12.2. The number of likely N-dealkylation sites (tertiary alicyclic amines) is 1. The minimum Gasteiger partial charge on any atom is -0.481 e. The van der Waals surface area contributed by atoms with E-state index in [4.69, 9.17) is 5.11 Å². The molecule has 0 aromatic carbocycles. The number of aliphatic carboxylic acids is 1. The Hall–Kier alpha value is -1.62. The van der Waals surface area contributed by atoms with Crippen LogP contribution in [0.4, 0.5) is 0 Å². The van der Waals surface area contributed by atoms with Gasteiger partial charge in [0.05, 0.1) is 6.10 Å². The fourth-order valence-electron chi connectivity index (χ4n) is 3.65. The summed E-state index contributed by atoms with van der Waals surface area (Å²) in [6.07, 6.45) is 14.5. The first-order valence-electron chi connectivity index (χ1n) is 10.9. The zero-order valence-corrected chi connectivity index (χ0v) is 17.9. The van der Waals surface area contributed by atoms with Crippen molar-refractivity contribution in [3.05, 3.63) is 23.8 Å². The molecule has 28 heavy (non-hydrogen) atoms. The molecule has 160 valence electrons. The lowest BCUT2D eigenvalue weighted by atomic mass is 9.93. The van der Waals surface area contributed by atoms with E-state index in [0.717, 1.165) is 57.9 Å². The van der Waals surface area contributed by atoms with Crippen molar-refractivity contribution >= 4 is 11.9 Å². The maximum Gasteiger partial charge on any atom is 0.303 e. The molecule has 1 amide bonds. The third kappa shape index (κ3) is 9.54. The number of rotatable bonds is 10. The Labute approximate surface area is 170 Å². The monoisotopic (exact) mass is 393 g/mol. The van der Waals surface area contributed by atoms with E-state index >= 15 is 0 Å². The Morgan fingerprint density at radius 2 is 2.11 bits per heavy atom. The summed E-state index contributed by atoms with van der Waals surface area (Å²) in [5.74, 6) is 0.162. The number of piperidine rings is 1. The van der Waals surface area contributed by atoms with Gasteiger partial charge < -0.3 is 15.1 Å². The summed E-state index contributed by atoms with van der Waals surface area (Å²) in [5, 5.41) is 18.2. The molecule has 3 atom stereocenters. The van der Waals surface area contributed by atoms with Crippen molar-refractivity contribution in [3.63, 3.8) is 0 Å². The second-order valence-corrected chi connectivity index (χ2v) is 8.14. The van der Waals surface area contributed by atoms with Gasteiger partial charge in [-0.3, -0.25) is 9.59 Å². The van der Waals surface area contributed by atoms with Crippen molar-refractivity contribution in [2.75, 3.05) is 6.54 Å². The van der Waals surface area contributed by atoms with Gasteiger partial charge in [0.2, 0.25) is 5.91 Å². The predicted octanol–water partition coefficient (Wildman–Crippen LogP) is 4.70. The molecular formula is C23H39NO4. The zero-order valence-electron chi connectivity index (χ0n) is 17.9. The van der Waals surface area contributed by atoms with Crippen LogP contribution in [0.3, 0.4) is 0 Å². The first kappa shape index (κ1) is 24.4. The normalized spacial score (nSPS) is 21.0. The van der Waals surface area contributed by atoms with Gasteiger partial charge in [0.1, 0.15) is 0 Å². The van der Waals surface area contributed by atoms with Gasteiger partial charge in [-0.15, -0.1) is 0 Å². The molecule has 1 aliphatic heterocycles. The summed E-state index contributed by atoms with van der Waals surface area (Å²) < 4.78 is 0. The molecule has 1 fully saturated rings. The highest BCUT2D eigenvalue weighted by Crippen LogP contribution is 2.26. The Morgan fingerprint density at radius 1 is 1.36 bits per heavy atom. The molecule has 0 radical (unpaired) electrons. The van der Waals surface area contributed by atoms with Crippen LogP contribution in [0, 0.1) is 5.92 Å². The average Bonchev–Trinajstić information content (AvgIpc) is 3.15. The van der Waals surface area contributed by atoms with Gasteiger partial charge in [0.25, 0.3) is 0 Å². The standard InChI is InChI=1S/C19H31NO2.C4H8O2/c1-3-15(2)14-20-17(9-6-10-19(20)22)11-12-18(21)13-16-7-4-5-8-16;1-2-3-4(5)6/h4-5,7,15,17-18,21H,3,6,8-14H2,1-2H3;2-3H2,1H3,(H,5,6)/t15-,17+,18?;/m0./s1. The smallest absolute Gasteiger partial charge is 0.303 e. The van der Waals surface area contributed by atoms with E-state index in [1.807, 2.05) is 6.92 Å². The molecule has 0 bridgehead atoms. The molecule has 2 N–H and O–H groups in total. The number of hydrogen-bond donors (Lipinski definition) is 2. The lowest BCUT2D eigenvalue weighted by Crippen LogP contribution is -2.46. The van der Waals surface area contributed by atoms with E-state index in [2.05, 4.69) is 37.0 Å².